The van der Waals surface area contributed by atoms with E-state index in [0.29, 0.717) is 5.25 Å². The molecule has 0 radical (unpaired) electrons. The van der Waals surface area contributed by atoms with Crippen LogP contribution in [0, 0.1) is 5.41 Å². The van der Waals surface area contributed by atoms with Crippen LogP contribution < -0.4 is 0 Å². The molecular formula is C8H17NS. The van der Waals surface area contributed by atoms with E-state index >= 15 is 0 Å². The first-order chi connectivity index (χ1) is 4.42. The van der Waals surface area contributed by atoms with E-state index in [4.69, 9.17) is 0 Å². The fraction of sp³-hybridized carbons (Fsp3) is 0.875. The van der Waals surface area contributed by atoms with Gasteiger partial charge in [-0.05, 0) is 17.4 Å². The summed E-state index contributed by atoms with van der Waals surface area (Å²) in [4.78, 5) is 0. The molecule has 0 unspecified atom stereocenters. The van der Waals surface area contributed by atoms with Crippen LogP contribution in [0.25, 0.3) is 0 Å². The Labute approximate surface area is 68.4 Å². The van der Waals surface area contributed by atoms with Gasteiger partial charge < -0.3 is 0 Å². The molecule has 0 amide bonds. The molecule has 0 N–H and O–H groups in total. The zero-order valence-electron chi connectivity index (χ0n) is 7.51. The Morgan fingerprint density at radius 3 is 2.10 bits per heavy atom. The zero-order valence-corrected chi connectivity index (χ0v) is 8.33. The largest absolute Gasteiger partial charge is 0.228 e. The van der Waals surface area contributed by atoms with Gasteiger partial charge in [-0.1, -0.05) is 34.6 Å². The first kappa shape index (κ1) is 10.0. The Morgan fingerprint density at radius 1 is 1.30 bits per heavy atom. The van der Waals surface area contributed by atoms with Gasteiger partial charge in [-0.15, -0.1) is 0 Å². The predicted molar refractivity (Wildman–Crippen MR) is 50.7 cm³/mol. The van der Waals surface area contributed by atoms with Gasteiger partial charge in [0.05, 0.1) is 0 Å². The Kier molecular flexibility index (Phi) is 4.02. The Hall–Kier alpha value is 0.0200. The maximum absolute atomic E-state index is 4.23. The number of hydrogen-bond acceptors (Lipinski definition) is 2. The summed E-state index contributed by atoms with van der Waals surface area (Å²) in [7, 11) is 0. The van der Waals surface area contributed by atoms with Gasteiger partial charge in [-0.2, -0.15) is 0 Å². The molecule has 0 saturated carbocycles. The van der Waals surface area contributed by atoms with Gasteiger partial charge in [-0.3, -0.25) is 0 Å². The number of rotatable bonds is 2. The molecule has 0 aromatic rings. The third kappa shape index (κ3) is 8.02. The second kappa shape index (κ2) is 4.02. The maximum atomic E-state index is 4.23. The summed E-state index contributed by atoms with van der Waals surface area (Å²) in [5.74, 6) is 0. The van der Waals surface area contributed by atoms with E-state index in [0.717, 1.165) is 0 Å². The average molecular weight is 159 g/mol. The van der Waals surface area contributed by atoms with Crippen LogP contribution in [-0.2, 0) is 0 Å². The van der Waals surface area contributed by atoms with Gasteiger partial charge in [0, 0.05) is 11.5 Å². The predicted octanol–water partition coefficient (Wildman–Crippen LogP) is 3.16. The second-order valence-corrected chi connectivity index (χ2v) is 5.12. The number of nitrogens with zero attached hydrogens (tertiary/aromatic N) is 1. The second-order valence-electron chi connectivity index (χ2n) is 3.75. The highest BCUT2D eigenvalue weighted by molar-refractivity contribution is 7.98. The van der Waals surface area contributed by atoms with Crippen molar-refractivity contribution in [2.75, 3.05) is 0 Å². The van der Waals surface area contributed by atoms with E-state index in [-0.39, 0.29) is 5.41 Å². The Morgan fingerprint density at radius 2 is 1.80 bits per heavy atom. The van der Waals surface area contributed by atoms with Crippen molar-refractivity contribution in [3.8, 4) is 0 Å². The lowest BCUT2D eigenvalue weighted by molar-refractivity contribution is 0.608. The molecule has 0 aromatic carbocycles. The molecule has 60 valence electrons. The first-order valence-electron chi connectivity index (χ1n) is 3.62. The van der Waals surface area contributed by atoms with Gasteiger partial charge in [0.2, 0.25) is 0 Å². The van der Waals surface area contributed by atoms with E-state index in [1.54, 1.807) is 11.9 Å². The molecular weight excluding hydrogens is 142 g/mol. The molecule has 0 heterocycles. The first-order valence-corrected chi connectivity index (χ1v) is 4.46. The Balaban J connectivity index is 3.57. The summed E-state index contributed by atoms with van der Waals surface area (Å²) in [6, 6.07) is 0. The molecule has 0 aromatic heterocycles. The normalized spacial score (nSPS) is 13.4. The van der Waals surface area contributed by atoms with Crippen LogP contribution in [-0.4, -0.2) is 11.5 Å². The highest BCUT2D eigenvalue weighted by Gasteiger charge is 2.04. The minimum Gasteiger partial charge on any atom is -0.228 e. The van der Waals surface area contributed by atoms with Gasteiger partial charge in [0.25, 0.3) is 0 Å². The van der Waals surface area contributed by atoms with Crippen molar-refractivity contribution >= 4 is 18.2 Å². The van der Waals surface area contributed by atoms with Crippen LogP contribution in [0.15, 0.2) is 4.40 Å². The molecule has 1 nitrogen and oxygen atoms in total. The molecule has 0 bridgehead atoms. The molecule has 10 heavy (non-hydrogen) atoms. The molecule has 0 fully saturated rings. The van der Waals surface area contributed by atoms with Crippen LogP contribution in [0.2, 0.25) is 0 Å². The average Bonchev–Trinajstić information content (AvgIpc) is 1.59. The molecule has 0 spiro atoms. The standard InChI is InChI=1S/C8H17NS/c1-7(2)10-9-6-8(3,4)5/h6-7H,1-5H3. The SMILES string of the molecule is CC(C)SN=CC(C)(C)C. The van der Waals surface area contributed by atoms with Gasteiger partial charge in [0.1, 0.15) is 0 Å². The third-order valence-electron chi connectivity index (χ3n) is 0.712. The monoisotopic (exact) mass is 159 g/mol. The van der Waals surface area contributed by atoms with Gasteiger partial charge in [0.15, 0.2) is 0 Å². The lowest BCUT2D eigenvalue weighted by Gasteiger charge is -2.09. The molecule has 0 aliphatic carbocycles. The van der Waals surface area contributed by atoms with Crippen LogP contribution in [0.1, 0.15) is 34.6 Å². The van der Waals surface area contributed by atoms with E-state index in [1.807, 2.05) is 6.21 Å². The smallest absolute Gasteiger partial charge is 0.0210 e. The molecule has 0 saturated heterocycles. The van der Waals surface area contributed by atoms with E-state index < -0.39 is 0 Å². The summed E-state index contributed by atoms with van der Waals surface area (Å²) in [5, 5.41) is 0.596. The van der Waals surface area contributed by atoms with Crippen molar-refractivity contribution in [2.45, 2.75) is 39.9 Å². The fourth-order valence-corrected chi connectivity index (χ4v) is 0.931. The minimum absolute atomic E-state index is 0.224. The minimum atomic E-state index is 0.224. The summed E-state index contributed by atoms with van der Waals surface area (Å²) >= 11 is 1.63. The highest BCUT2D eigenvalue weighted by atomic mass is 32.2. The van der Waals surface area contributed by atoms with Crippen molar-refractivity contribution in [3.05, 3.63) is 0 Å². The molecule has 0 aliphatic heterocycles. The van der Waals surface area contributed by atoms with E-state index in [1.165, 1.54) is 0 Å². The van der Waals surface area contributed by atoms with Gasteiger partial charge in [-0.25, -0.2) is 4.40 Å². The van der Waals surface area contributed by atoms with Crippen molar-refractivity contribution in [1.29, 1.82) is 0 Å². The van der Waals surface area contributed by atoms with Crippen molar-refractivity contribution in [1.82, 2.24) is 0 Å². The molecule has 0 aliphatic rings. The molecule has 0 atom stereocenters. The number of hydrogen-bond donors (Lipinski definition) is 0. The lowest BCUT2D eigenvalue weighted by Crippen LogP contribution is -2.05. The summed E-state index contributed by atoms with van der Waals surface area (Å²) < 4.78 is 4.23. The summed E-state index contributed by atoms with van der Waals surface area (Å²) in [5.41, 5.74) is 0.224. The van der Waals surface area contributed by atoms with E-state index in [2.05, 4.69) is 39.0 Å². The van der Waals surface area contributed by atoms with Crippen LogP contribution in [0.5, 0.6) is 0 Å². The van der Waals surface area contributed by atoms with Crippen LogP contribution in [0.4, 0.5) is 0 Å². The zero-order chi connectivity index (χ0) is 8.20. The lowest BCUT2D eigenvalue weighted by atomic mass is 10.00. The Bertz CT molecular complexity index is 111. The molecule has 0 rings (SSSR count). The van der Waals surface area contributed by atoms with Crippen molar-refractivity contribution < 1.29 is 0 Å². The topological polar surface area (TPSA) is 12.4 Å². The maximum Gasteiger partial charge on any atom is 0.0210 e. The summed E-state index contributed by atoms with van der Waals surface area (Å²) in [6.45, 7) is 10.7. The van der Waals surface area contributed by atoms with Crippen LogP contribution >= 0.6 is 11.9 Å². The van der Waals surface area contributed by atoms with Crippen molar-refractivity contribution in [2.24, 2.45) is 9.81 Å². The van der Waals surface area contributed by atoms with Crippen molar-refractivity contribution in [3.63, 3.8) is 0 Å². The van der Waals surface area contributed by atoms with Gasteiger partial charge >= 0.3 is 0 Å². The molecule has 2 heteroatoms. The third-order valence-corrected chi connectivity index (χ3v) is 1.36. The highest BCUT2D eigenvalue weighted by Crippen LogP contribution is 2.14. The van der Waals surface area contributed by atoms with E-state index in [9.17, 15) is 0 Å². The van der Waals surface area contributed by atoms with Crippen LogP contribution in [0.3, 0.4) is 0 Å². The fourth-order valence-electron chi connectivity index (χ4n) is 0.310. The summed E-state index contributed by atoms with van der Waals surface area (Å²) in [6.07, 6.45) is 2.00. The quantitative estimate of drug-likeness (QED) is 0.445.